The fourth-order valence-electron chi connectivity index (χ4n) is 3.71. The van der Waals surface area contributed by atoms with Crippen LogP contribution in [-0.2, 0) is 19.1 Å². The van der Waals surface area contributed by atoms with Crippen molar-refractivity contribution in [3.8, 4) is 17.2 Å². The van der Waals surface area contributed by atoms with Gasteiger partial charge in [0.15, 0.2) is 18.1 Å². The number of rotatable bonds is 6. The van der Waals surface area contributed by atoms with Crippen LogP contribution in [0.4, 0.5) is 0 Å². The summed E-state index contributed by atoms with van der Waals surface area (Å²) in [6, 6.07) is 11.8. The Bertz CT molecular complexity index is 1240. The van der Waals surface area contributed by atoms with Gasteiger partial charge in [-0.05, 0) is 29.8 Å². The average molecular weight is 440 g/mol. The minimum absolute atomic E-state index is 0.197. The van der Waals surface area contributed by atoms with Crippen molar-refractivity contribution in [3.63, 3.8) is 0 Å². The highest BCUT2D eigenvalue weighted by Gasteiger charge is 2.45. The first kappa shape index (κ1) is 21.2. The highest BCUT2D eigenvalue weighted by Crippen LogP contribution is 2.46. The molecule has 4 rings (SSSR count). The van der Waals surface area contributed by atoms with Crippen LogP contribution in [0.5, 0.6) is 17.2 Å². The first-order valence-electron chi connectivity index (χ1n) is 9.66. The van der Waals surface area contributed by atoms with Crippen LogP contribution in [-0.4, -0.2) is 46.0 Å². The van der Waals surface area contributed by atoms with E-state index in [9.17, 15) is 14.4 Å². The molecule has 0 saturated heterocycles. The van der Waals surface area contributed by atoms with Crippen LogP contribution in [0.1, 0.15) is 17.0 Å². The van der Waals surface area contributed by atoms with Gasteiger partial charge in [-0.25, -0.2) is 14.4 Å². The molecule has 32 heavy (non-hydrogen) atoms. The molecule has 9 heteroatoms. The minimum atomic E-state index is -1.12. The maximum atomic E-state index is 12.9. The Morgan fingerprint density at radius 3 is 2.50 bits per heavy atom. The lowest BCUT2D eigenvalue weighted by Gasteiger charge is -2.18. The van der Waals surface area contributed by atoms with Crippen LogP contribution in [0.15, 0.2) is 51.7 Å². The van der Waals surface area contributed by atoms with E-state index < -0.39 is 29.6 Å². The standard InChI is InChI=1S/C23H20O9/c1-27-15-9-8-12(10-16(15)30-11-17(24)28-2)18-19-20(32-21(18)23(26)29-3)13-6-4-5-7-14(13)31-22(19)25/h4-10,18,21H,11H2,1-3H3/t18-,21-/m1/s1. The van der Waals surface area contributed by atoms with E-state index in [2.05, 4.69) is 4.74 Å². The molecule has 0 bridgehead atoms. The number of methoxy groups -OCH3 is 3. The molecule has 0 spiro atoms. The zero-order valence-corrected chi connectivity index (χ0v) is 17.6. The maximum Gasteiger partial charge on any atom is 0.348 e. The van der Waals surface area contributed by atoms with Crippen LogP contribution < -0.4 is 19.8 Å². The van der Waals surface area contributed by atoms with E-state index in [4.69, 9.17) is 23.4 Å². The summed E-state index contributed by atoms with van der Waals surface area (Å²) in [6.45, 7) is -0.346. The highest BCUT2D eigenvalue weighted by molar-refractivity contribution is 5.88. The van der Waals surface area contributed by atoms with Crippen molar-refractivity contribution in [2.24, 2.45) is 0 Å². The normalized spacial score (nSPS) is 16.7. The predicted molar refractivity (Wildman–Crippen MR) is 111 cm³/mol. The van der Waals surface area contributed by atoms with Gasteiger partial charge >= 0.3 is 17.6 Å². The molecular weight excluding hydrogens is 420 g/mol. The van der Waals surface area contributed by atoms with Gasteiger partial charge in [0.1, 0.15) is 11.3 Å². The number of benzene rings is 2. The Labute approximate surface area is 182 Å². The lowest BCUT2D eigenvalue weighted by molar-refractivity contribution is -0.148. The van der Waals surface area contributed by atoms with Gasteiger partial charge in [-0.3, -0.25) is 0 Å². The Hall–Kier alpha value is -4.01. The van der Waals surface area contributed by atoms with Crippen molar-refractivity contribution in [2.75, 3.05) is 27.9 Å². The molecule has 1 aliphatic rings. The van der Waals surface area contributed by atoms with E-state index in [-0.39, 0.29) is 23.7 Å². The first-order valence-corrected chi connectivity index (χ1v) is 9.66. The van der Waals surface area contributed by atoms with Gasteiger partial charge in [0, 0.05) is 0 Å². The summed E-state index contributed by atoms with van der Waals surface area (Å²) < 4.78 is 31.8. The van der Waals surface area contributed by atoms with E-state index in [1.54, 1.807) is 42.5 Å². The smallest absolute Gasteiger partial charge is 0.348 e. The van der Waals surface area contributed by atoms with Gasteiger partial charge in [-0.1, -0.05) is 18.2 Å². The van der Waals surface area contributed by atoms with Gasteiger partial charge in [-0.15, -0.1) is 0 Å². The molecule has 0 aliphatic carbocycles. The fourth-order valence-corrected chi connectivity index (χ4v) is 3.71. The summed E-state index contributed by atoms with van der Waals surface area (Å²) in [5, 5.41) is 0.564. The second kappa shape index (κ2) is 8.62. The lowest BCUT2D eigenvalue weighted by atomic mass is 9.88. The molecule has 166 valence electrons. The van der Waals surface area contributed by atoms with E-state index in [0.717, 1.165) is 0 Å². The largest absolute Gasteiger partial charge is 0.493 e. The molecule has 9 nitrogen and oxygen atoms in total. The minimum Gasteiger partial charge on any atom is -0.493 e. The SMILES string of the molecule is COC(=O)COc1cc([C@@H]2c3c(c4ccccc4oc3=O)O[C@H]2C(=O)OC)ccc1OC. The predicted octanol–water partition coefficient (Wildman–Crippen LogP) is 2.42. The number of fused-ring (bicyclic) bond motifs is 3. The van der Waals surface area contributed by atoms with Crippen molar-refractivity contribution < 1.29 is 37.7 Å². The number of hydrogen-bond donors (Lipinski definition) is 0. The van der Waals surface area contributed by atoms with Gasteiger partial charge in [0.25, 0.3) is 0 Å². The summed E-state index contributed by atoms with van der Waals surface area (Å²) in [6.07, 6.45) is -1.12. The average Bonchev–Trinajstić information content (AvgIpc) is 3.23. The maximum absolute atomic E-state index is 12.9. The molecule has 2 atom stereocenters. The van der Waals surface area contributed by atoms with Crippen molar-refractivity contribution in [1.29, 1.82) is 0 Å². The van der Waals surface area contributed by atoms with Gasteiger partial charge in [0.2, 0.25) is 6.10 Å². The summed E-state index contributed by atoms with van der Waals surface area (Å²) in [4.78, 5) is 37.0. The van der Waals surface area contributed by atoms with E-state index in [1.165, 1.54) is 21.3 Å². The van der Waals surface area contributed by atoms with Crippen molar-refractivity contribution >= 4 is 22.9 Å². The number of esters is 2. The van der Waals surface area contributed by atoms with Gasteiger partial charge in [0.05, 0.1) is 38.2 Å². The summed E-state index contributed by atoms with van der Waals surface area (Å²) >= 11 is 0. The summed E-state index contributed by atoms with van der Waals surface area (Å²) in [7, 11) is 3.94. The molecule has 3 aromatic rings. The van der Waals surface area contributed by atoms with Crippen LogP contribution >= 0.6 is 0 Å². The molecule has 0 amide bonds. The number of hydrogen-bond acceptors (Lipinski definition) is 9. The van der Waals surface area contributed by atoms with Crippen molar-refractivity contribution in [2.45, 2.75) is 12.0 Å². The Balaban J connectivity index is 1.86. The molecule has 2 heterocycles. The van der Waals surface area contributed by atoms with Crippen molar-refractivity contribution in [3.05, 3.63) is 64.0 Å². The number of para-hydroxylation sites is 1. The van der Waals surface area contributed by atoms with Gasteiger partial charge < -0.3 is 28.1 Å². The van der Waals surface area contributed by atoms with Crippen LogP contribution in [0.2, 0.25) is 0 Å². The Morgan fingerprint density at radius 2 is 1.78 bits per heavy atom. The molecule has 0 unspecified atom stereocenters. The monoisotopic (exact) mass is 440 g/mol. The third-order valence-electron chi connectivity index (χ3n) is 5.21. The zero-order chi connectivity index (χ0) is 22.8. The third-order valence-corrected chi connectivity index (χ3v) is 5.21. The van der Waals surface area contributed by atoms with E-state index in [0.29, 0.717) is 22.3 Å². The number of ether oxygens (including phenoxy) is 5. The number of carbonyl (C=O) groups is 2. The summed E-state index contributed by atoms with van der Waals surface area (Å²) in [5.74, 6) is -1.20. The summed E-state index contributed by atoms with van der Waals surface area (Å²) in [5.41, 5.74) is 0.436. The molecule has 0 saturated carbocycles. The molecule has 1 aromatic heterocycles. The van der Waals surface area contributed by atoms with Crippen LogP contribution in [0.3, 0.4) is 0 Å². The second-order valence-electron chi connectivity index (χ2n) is 6.94. The molecule has 2 aromatic carbocycles. The lowest BCUT2D eigenvalue weighted by Crippen LogP contribution is -2.31. The molecule has 0 N–H and O–H groups in total. The molecule has 1 aliphatic heterocycles. The quantitative estimate of drug-likeness (QED) is 0.421. The fraction of sp³-hybridized carbons (Fsp3) is 0.261. The first-order chi connectivity index (χ1) is 15.5. The second-order valence-corrected chi connectivity index (χ2v) is 6.94. The zero-order valence-electron chi connectivity index (χ0n) is 17.6. The van der Waals surface area contributed by atoms with E-state index >= 15 is 0 Å². The molecule has 0 radical (unpaired) electrons. The van der Waals surface area contributed by atoms with Crippen molar-refractivity contribution in [1.82, 2.24) is 0 Å². The van der Waals surface area contributed by atoms with Gasteiger partial charge in [-0.2, -0.15) is 0 Å². The molecular formula is C23H20O9. The number of carbonyl (C=O) groups excluding carboxylic acids is 2. The third kappa shape index (κ3) is 3.62. The van der Waals surface area contributed by atoms with E-state index in [1.807, 2.05) is 0 Å². The Kier molecular flexibility index (Phi) is 5.72. The topological polar surface area (TPSA) is 111 Å². The van der Waals surface area contributed by atoms with Crippen LogP contribution in [0, 0.1) is 0 Å². The van der Waals surface area contributed by atoms with Crippen LogP contribution in [0.25, 0.3) is 11.0 Å². The molecule has 0 fully saturated rings. The highest BCUT2D eigenvalue weighted by atomic mass is 16.6. The Morgan fingerprint density at radius 1 is 1.00 bits per heavy atom.